The highest BCUT2D eigenvalue weighted by atomic mass is 19.4. The Hall–Kier alpha value is -2.14. The van der Waals surface area contributed by atoms with Crippen molar-refractivity contribution in [1.29, 1.82) is 0 Å². The van der Waals surface area contributed by atoms with E-state index in [1.807, 2.05) is 0 Å². The molecule has 0 unspecified atom stereocenters. The number of anilines is 1. The van der Waals surface area contributed by atoms with Gasteiger partial charge in [0.25, 0.3) is 0 Å². The van der Waals surface area contributed by atoms with Gasteiger partial charge in [0, 0.05) is 6.20 Å². The van der Waals surface area contributed by atoms with Crippen LogP contribution in [0.25, 0.3) is 0 Å². The van der Waals surface area contributed by atoms with Gasteiger partial charge in [-0.1, -0.05) is 0 Å². The van der Waals surface area contributed by atoms with E-state index in [0.717, 1.165) is 5.32 Å². The van der Waals surface area contributed by atoms with E-state index >= 15 is 0 Å². The first-order valence-corrected chi connectivity index (χ1v) is 4.58. The number of alkyl halides is 7. The Bertz CT molecular complexity index is 566. The van der Waals surface area contributed by atoms with Crippen molar-refractivity contribution < 1.29 is 35.5 Å². The van der Waals surface area contributed by atoms with Gasteiger partial charge in [0.2, 0.25) is 0 Å². The number of nitrogens with one attached hydrogen (secondary N) is 2. The van der Waals surface area contributed by atoms with Gasteiger partial charge in [-0.3, -0.25) is 9.78 Å². The molecule has 0 radical (unpaired) electrons. The summed E-state index contributed by atoms with van der Waals surface area (Å²) >= 11 is 0. The molecule has 0 fully saturated rings. The number of hydrogen-bond acceptors (Lipinski definition) is 3. The first-order valence-electron chi connectivity index (χ1n) is 4.58. The number of halogens is 7. The molecule has 0 bridgehead atoms. The largest absolute Gasteiger partial charge is 0.460 e. The Morgan fingerprint density at radius 2 is 1.70 bits per heavy atom. The van der Waals surface area contributed by atoms with Crippen LogP contribution in [0.1, 0.15) is 0 Å². The maximum Gasteiger partial charge on any atom is 0.460 e. The number of carbonyl (C=O) groups is 1. The standard InChI is InChI=1S/C8H4F7N3O2/c9-6(10,7(11,12)8(13,14)15)4(19)17-3-1-2-16-5(20)18-3/h1-2H,(H2,16,17,18,19,20). The lowest BCUT2D eigenvalue weighted by molar-refractivity contribution is -0.343. The number of hydrogen-bond donors (Lipinski definition) is 2. The van der Waals surface area contributed by atoms with Crippen LogP contribution >= 0.6 is 0 Å². The monoisotopic (exact) mass is 307 g/mol. The average molecular weight is 307 g/mol. The second kappa shape index (κ2) is 4.76. The van der Waals surface area contributed by atoms with Crippen molar-refractivity contribution in [2.24, 2.45) is 0 Å². The third kappa shape index (κ3) is 2.72. The van der Waals surface area contributed by atoms with Crippen LogP contribution < -0.4 is 11.0 Å². The number of nitrogens with zero attached hydrogens (tertiary/aromatic N) is 1. The number of rotatable bonds is 3. The summed E-state index contributed by atoms with van der Waals surface area (Å²) in [7, 11) is 0. The molecule has 1 amide bonds. The zero-order chi connectivity index (χ0) is 15.8. The van der Waals surface area contributed by atoms with Crippen molar-refractivity contribution in [3.05, 3.63) is 22.7 Å². The Labute approximate surface area is 104 Å². The molecule has 112 valence electrons. The number of carbonyl (C=O) groups excluding carboxylic acids is 1. The van der Waals surface area contributed by atoms with Crippen molar-refractivity contribution in [3.8, 4) is 0 Å². The highest BCUT2D eigenvalue weighted by Crippen LogP contribution is 2.46. The molecule has 1 rings (SSSR count). The van der Waals surface area contributed by atoms with E-state index in [1.54, 1.807) is 4.98 Å². The van der Waals surface area contributed by atoms with Crippen molar-refractivity contribution in [3.63, 3.8) is 0 Å². The van der Waals surface area contributed by atoms with Crippen LogP contribution in [0.2, 0.25) is 0 Å². The molecule has 0 aliphatic rings. The molecule has 0 saturated carbocycles. The topological polar surface area (TPSA) is 74.8 Å². The number of aromatic nitrogens is 2. The van der Waals surface area contributed by atoms with Crippen molar-refractivity contribution >= 4 is 11.7 Å². The minimum atomic E-state index is -6.63. The molecular weight excluding hydrogens is 303 g/mol. The average Bonchev–Trinajstić information content (AvgIpc) is 2.27. The molecule has 0 spiro atoms. The van der Waals surface area contributed by atoms with Crippen LogP contribution in [0.5, 0.6) is 0 Å². The molecule has 1 heterocycles. The molecule has 2 N–H and O–H groups in total. The Kier molecular flexibility index (Phi) is 3.79. The quantitative estimate of drug-likeness (QED) is 0.832. The van der Waals surface area contributed by atoms with E-state index < -0.39 is 35.4 Å². The van der Waals surface area contributed by atoms with Gasteiger partial charge in [-0.05, 0) is 6.07 Å². The molecule has 0 atom stereocenters. The highest BCUT2D eigenvalue weighted by molar-refractivity contribution is 5.96. The molecule has 0 aromatic carbocycles. The molecule has 12 heteroatoms. The molecule has 5 nitrogen and oxygen atoms in total. The SMILES string of the molecule is O=C(Nc1ccnc(=O)[nH]1)C(F)(F)C(F)(F)C(F)(F)F. The molecule has 0 aliphatic carbocycles. The van der Waals surface area contributed by atoms with Gasteiger partial charge in [-0.15, -0.1) is 0 Å². The third-order valence-corrected chi connectivity index (χ3v) is 1.96. The third-order valence-electron chi connectivity index (χ3n) is 1.96. The highest BCUT2D eigenvalue weighted by Gasteiger charge is 2.76. The van der Waals surface area contributed by atoms with Gasteiger partial charge in [0.05, 0.1) is 0 Å². The lowest BCUT2D eigenvalue weighted by Crippen LogP contribution is -2.57. The summed E-state index contributed by atoms with van der Waals surface area (Å²) in [6, 6.07) is 0.709. The molecule has 0 aliphatic heterocycles. The van der Waals surface area contributed by atoms with Gasteiger partial charge in [-0.2, -0.15) is 30.7 Å². The van der Waals surface area contributed by atoms with E-state index in [9.17, 15) is 40.3 Å². The van der Waals surface area contributed by atoms with Gasteiger partial charge < -0.3 is 5.32 Å². The van der Waals surface area contributed by atoms with Gasteiger partial charge >= 0.3 is 29.6 Å². The van der Waals surface area contributed by atoms with Crippen molar-refractivity contribution in [1.82, 2.24) is 9.97 Å². The van der Waals surface area contributed by atoms with Crippen LogP contribution in [0, 0.1) is 0 Å². The van der Waals surface area contributed by atoms with Crippen LogP contribution in [-0.4, -0.2) is 33.9 Å². The van der Waals surface area contributed by atoms with E-state index in [1.165, 1.54) is 0 Å². The van der Waals surface area contributed by atoms with E-state index in [0.29, 0.717) is 12.3 Å². The summed E-state index contributed by atoms with van der Waals surface area (Å²) in [5.41, 5.74) is -1.13. The first kappa shape index (κ1) is 15.9. The van der Waals surface area contributed by atoms with Crippen LogP contribution in [0.15, 0.2) is 17.1 Å². The lowest BCUT2D eigenvalue weighted by Gasteiger charge is -2.26. The number of H-pyrrole nitrogens is 1. The molecular formula is C8H4F7N3O2. The van der Waals surface area contributed by atoms with Gasteiger partial charge in [0.1, 0.15) is 5.82 Å². The van der Waals surface area contributed by atoms with Crippen molar-refractivity contribution in [2.45, 2.75) is 18.0 Å². The minimum absolute atomic E-state index is 0.709. The molecule has 0 saturated heterocycles. The maximum absolute atomic E-state index is 12.9. The minimum Gasteiger partial charge on any atom is -0.307 e. The summed E-state index contributed by atoms with van der Waals surface area (Å²) in [6.45, 7) is 0. The molecule has 1 aromatic rings. The predicted molar refractivity (Wildman–Crippen MR) is 49.4 cm³/mol. The predicted octanol–water partition coefficient (Wildman–Crippen LogP) is 1.54. The zero-order valence-corrected chi connectivity index (χ0v) is 9.06. The smallest absolute Gasteiger partial charge is 0.307 e. The summed E-state index contributed by atoms with van der Waals surface area (Å²) in [5.74, 6) is -16.4. The van der Waals surface area contributed by atoms with E-state index in [-0.39, 0.29) is 0 Å². The fraction of sp³-hybridized carbons (Fsp3) is 0.375. The summed E-state index contributed by atoms with van der Waals surface area (Å²) in [4.78, 5) is 26.2. The molecule has 1 aromatic heterocycles. The second-order valence-electron chi connectivity index (χ2n) is 3.39. The van der Waals surface area contributed by atoms with E-state index in [4.69, 9.17) is 0 Å². The fourth-order valence-corrected chi connectivity index (χ4v) is 0.963. The molecule has 20 heavy (non-hydrogen) atoms. The van der Waals surface area contributed by atoms with E-state index in [2.05, 4.69) is 4.98 Å². The Balaban J connectivity index is 3.04. The van der Waals surface area contributed by atoms with Crippen LogP contribution in [0.3, 0.4) is 0 Å². The van der Waals surface area contributed by atoms with Gasteiger partial charge in [-0.25, -0.2) is 9.78 Å². The van der Waals surface area contributed by atoms with Crippen LogP contribution in [0.4, 0.5) is 36.6 Å². The lowest BCUT2D eigenvalue weighted by atomic mass is 10.1. The Morgan fingerprint density at radius 3 is 2.15 bits per heavy atom. The Morgan fingerprint density at radius 1 is 1.15 bits per heavy atom. The number of amides is 1. The van der Waals surface area contributed by atoms with Gasteiger partial charge in [0.15, 0.2) is 0 Å². The summed E-state index contributed by atoms with van der Waals surface area (Å²) in [5, 5.41) is 1.04. The first-order chi connectivity index (χ1) is 8.89. The van der Waals surface area contributed by atoms with Crippen molar-refractivity contribution in [2.75, 3.05) is 5.32 Å². The summed E-state index contributed by atoms with van der Waals surface area (Å²) in [6.07, 6.45) is -5.91. The number of aromatic amines is 1. The normalized spacial score (nSPS) is 13.2. The maximum atomic E-state index is 12.9. The van der Waals surface area contributed by atoms with Crippen LogP contribution in [-0.2, 0) is 4.79 Å². The summed E-state index contributed by atoms with van der Waals surface area (Å²) < 4.78 is 86.3. The fourth-order valence-electron chi connectivity index (χ4n) is 0.963. The second-order valence-corrected chi connectivity index (χ2v) is 3.39. The zero-order valence-electron chi connectivity index (χ0n) is 9.06.